The minimum absolute atomic E-state index is 0.149. The fraction of sp³-hybridized carbons (Fsp3) is 0.167. The molecule has 150 valence electrons. The summed E-state index contributed by atoms with van der Waals surface area (Å²) < 4.78 is 5.80. The van der Waals surface area contributed by atoms with E-state index in [2.05, 4.69) is 0 Å². The van der Waals surface area contributed by atoms with Crippen LogP contribution >= 0.6 is 35.6 Å². The number of aliphatic carboxylic acids is 1. The Bertz CT molecular complexity index is 1060. The van der Waals surface area contributed by atoms with Crippen LogP contribution < -0.4 is 0 Å². The SMILES string of the molecule is CCC(C(=O)O)N1C(=O)/C(=C\c2ccc(-c3ccc(Cl)cc3[N+](=O)[O-])o2)SC1=S. The van der Waals surface area contributed by atoms with Crippen LogP contribution in [-0.2, 0) is 9.59 Å². The van der Waals surface area contributed by atoms with E-state index in [-0.39, 0.29) is 43.4 Å². The number of benzene rings is 1. The number of carboxylic acid groups (broad SMARTS) is 1. The number of nitro benzene ring substituents is 1. The predicted octanol–water partition coefficient (Wildman–Crippen LogP) is 4.57. The molecule has 0 aliphatic carbocycles. The van der Waals surface area contributed by atoms with E-state index in [1.165, 1.54) is 30.3 Å². The zero-order chi connectivity index (χ0) is 21.3. The van der Waals surface area contributed by atoms with Crippen molar-refractivity contribution in [1.29, 1.82) is 0 Å². The average Bonchev–Trinajstić information content (AvgIpc) is 3.22. The maximum absolute atomic E-state index is 12.6. The first-order valence-corrected chi connectivity index (χ1v) is 9.87. The number of nitro groups is 1. The quantitative estimate of drug-likeness (QED) is 0.293. The Morgan fingerprint density at radius 3 is 2.79 bits per heavy atom. The van der Waals surface area contributed by atoms with E-state index < -0.39 is 22.8 Å². The number of hydrogen-bond acceptors (Lipinski definition) is 7. The van der Waals surface area contributed by atoms with Crippen molar-refractivity contribution in [2.45, 2.75) is 19.4 Å². The third-order valence-electron chi connectivity index (χ3n) is 4.13. The van der Waals surface area contributed by atoms with Crippen LogP contribution in [-0.4, -0.2) is 37.2 Å². The first kappa shape index (κ1) is 21.0. The van der Waals surface area contributed by atoms with Gasteiger partial charge < -0.3 is 9.52 Å². The summed E-state index contributed by atoms with van der Waals surface area (Å²) in [5, 5.41) is 20.8. The number of amides is 1. The van der Waals surface area contributed by atoms with Gasteiger partial charge in [-0.2, -0.15) is 0 Å². The smallest absolute Gasteiger partial charge is 0.326 e. The molecule has 1 atom stereocenters. The summed E-state index contributed by atoms with van der Waals surface area (Å²) in [7, 11) is 0. The van der Waals surface area contributed by atoms with Crippen LogP contribution in [0.2, 0.25) is 5.02 Å². The molecule has 8 nitrogen and oxygen atoms in total. The summed E-state index contributed by atoms with van der Waals surface area (Å²) in [6.07, 6.45) is 1.64. The Labute approximate surface area is 179 Å². The molecule has 0 spiro atoms. The Kier molecular flexibility index (Phi) is 6.06. The Balaban J connectivity index is 1.92. The molecule has 1 N–H and O–H groups in total. The highest BCUT2D eigenvalue weighted by Gasteiger charge is 2.39. The van der Waals surface area contributed by atoms with Crippen LogP contribution in [0.15, 0.2) is 39.7 Å². The minimum atomic E-state index is -1.14. The van der Waals surface area contributed by atoms with Crippen molar-refractivity contribution >= 4 is 63.5 Å². The molecule has 2 heterocycles. The van der Waals surface area contributed by atoms with Gasteiger partial charge in [-0.1, -0.05) is 42.5 Å². The van der Waals surface area contributed by atoms with E-state index in [4.69, 9.17) is 28.2 Å². The minimum Gasteiger partial charge on any atom is -0.480 e. The van der Waals surface area contributed by atoms with Gasteiger partial charge in [-0.15, -0.1) is 0 Å². The number of carbonyl (C=O) groups excluding carboxylic acids is 1. The molecule has 29 heavy (non-hydrogen) atoms. The summed E-state index contributed by atoms with van der Waals surface area (Å²) in [6, 6.07) is 6.25. The molecule has 11 heteroatoms. The molecule has 3 rings (SSSR count). The van der Waals surface area contributed by atoms with Crippen molar-refractivity contribution in [3.8, 4) is 11.3 Å². The lowest BCUT2D eigenvalue weighted by atomic mass is 10.1. The predicted molar refractivity (Wildman–Crippen MR) is 113 cm³/mol. The Morgan fingerprint density at radius 2 is 2.17 bits per heavy atom. The van der Waals surface area contributed by atoms with Crippen LogP contribution in [0.25, 0.3) is 17.4 Å². The van der Waals surface area contributed by atoms with E-state index in [1.54, 1.807) is 13.0 Å². The molecule has 1 amide bonds. The summed E-state index contributed by atoms with van der Waals surface area (Å²) >= 11 is 12.0. The number of furan rings is 1. The van der Waals surface area contributed by atoms with Gasteiger partial charge in [-0.05, 0) is 30.7 Å². The second-order valence-electron chi connectivity index (χ2n) is 5.93. The first-order chi connectivity index (χ1) is 13.7. The zero-order valence-electron chi connectivity index (χ0n) is 14.8. The lowest BCUT2D eigenvalue weighted by molar-refractivity contribution is -0.384. The second-order valence-corrected chi connectivity index (χ2v) is 8.05. The van der Waals surface area contributed by atoms with Crippen LogP contribution in [0.4, 0.5) is 5.69 Å². The summed E-state index contributed by atoms with van der Waals surface area (Å²) in [5.41, 5.74) is 0.0282. The van der Waals surface area contributed by atoms with Gasteiger partial charge >= 0.3 is 5.97 Å². The van der Waals surface area contributed by atoms with Crippen LogP contribution in [0, 0.1) is 10.1 Å². The van der Waals surface area contributed by atoms with Gasteiger partial charge in [0.1, 0.15) is 21.9 Å². The third-order valence-corrected chi connectivity index (χ3v) is 5.69. The normalized spacial score (nSPS) is 16.5. The van der Waals surface area contributed by atoms with E-state index in [9.17, 15) is 24.8 Å². The lowest BCUT2D eigenvalue weighted by Crippen LogP contribution is -2.43. The number of hydrogen-bond donors (Lipinski definition) is 1. The molecular weight excluding hydrogens is 440 g/mol. The molecule has 1 aromatic heterocycles. The number of carboxylic acids is 1. The first-order valence-electron chi connectivity index (χ1n) is 8.27. The van der Waals surface area contributed by atoms with Crippen molar-refractivity contribution in [2.24, 2.45) is 0 Å². The molecular formula is C18H13ClN2O6S2. The van der Waals surface area contributed by atoms with Crippen molar-refractivity contribution < 1.29 is 24.0 Å². The number of halogens is 1. The molecule has 1 aliphatic heterocycles. The van der Waals surface area contributed by atoms with E-state index in [0.717, 1.165) is 16.7 Å². The molecule has 1 unspecified atom stereocenters. The highest BCUT2D eigenvalue weighted by atomic mass is 35.5. The molecule has 0 saturated carbocycles. The summed E-state index contributed by atoms with van der Waals surface area (Å²) in [5.74, 6) is -1.16. The molecule has 2 aromatic rings. The van der Waals surface area contributed by atoms with Crippen molar-refractivity contribution in [3.63, 3.8) is 0 Å². The number of thioether (sulfide) groups is 1. The highest BCUT2D eigenvalue weighted by Crippen LogP contribution is 2.37. The number of rotatable bonds is 6. The molecule has 1 fully saturated rings. The maximum Gasteiger partial charge on any atom is 0.326 e. The zero-order valence-corrected chi connectivity index (χ0v) is 17.2. The van der Waals surface area contributed by atoms with Gasteiger partial charge in [0.15, 0.2) is 0 Å². The van der Waals surface area contributed by atoms with Crippen LogP contribution in [0.3, 0.4) is 0 Å². The van der Waals surface area contributed by atoms with Crippen molar-refractivity contribution in [2.75, 3.05) is 0 Å². The molecule has 0 bridgehead atoms. The highest BCUT2D eigenvalue weighted by molar-refractivity contribution is 8.26. The lowest BCUT2D eigenvalue weighted by Gasteiger charge is -2.21. The van der Waals surface area contributed by atoms with Crippen molar-refractivity contribution in [3.05, 3.63) is 56.1 Å². The second kappa shape index (κ2) is 8.36. The van der Waals surface area contributed by atoms with Crippen LogP contribution in [0.1, 0.15) is 19.1 Å². The fourth-order valence-corrected chi connectivity index (χ4v) is 4.29. The topological polar surface area (TPSA) is 114 Å². The molecule has 1 aromatic carbocycles. The maximum atomic E-state index is 12.6. The van der Waals surface area contributed by atoms with Gasteiger partial charge in [-0.25, -0.2) is 4.79 Å². The van der Waals surface area contributed by atoms with Gasteiger partial charge in [0.2, 0.25) is 0 Å². The van der Waals surface area contributed by atoms with Gasteiger partial charge in [-0.3, -0.25) is 19.8 Å². The number of carbonyl (C=O) groups is 2. The fourth-order valence-electron chi connectivity index (χ4n) is 2.78. The average molecular weight is 453 g/mol. The Morgan fingerprint density at radius 1 is 1.45 bits per heavy atom. The van der Waals surface area contributed by atoms with Gasteiger partial charge in [0.25, 0.3) is 11.6 Å². The Hall–Kier alpha value is -2.69. The van der Waals surface area contributed by atoms with E-state index in [1.807, 2.05) is 0 Å². The monoisotopic (exact) mass is 452 g/mol. The summed E-state index contributed by atoms with van der Waals surface area (Å²) in [4.78, 5) is 36.0. The van der Waals surface area contributed by atoms with Gasteiger partial charge in [0, 0.05) is 17.2 Å². The number of nitrogens with zero attached hydrogens (tertiary/aromatic N) is 2. The van der Waals surface area contributed by atoms with Crippen LogP contribution in [0.5, 0.6) is 0 Å². The van der Waals surface area contributed by atoms with Crippen molar-refractivity contribution in [1.82, 2.24) is 4.90 Å². The largest absolute Gasteiger partial charge is 0.480 e. The standard InChI is InChI=1S/C18H13ClN2O6S2/c1-2-12(17(23)24)20-16(22)15(29-18(20)28)8-10-4-6-14(27-10)11-5-3-9(19)7-13(11)21(25)26/h3-8,12H,2H2,1H3,(H,23,24)/b15-8+. The molecule has 1 aliphatic rings. The summed E-state index contributed by atoms with van der Waals surface area (Å²) in [6.45, 7) is 1.65. The molecule has 0 radical (unpaired) electrons. The molecule has 1 saturated heterocycles. The number of thiocarbonyl (C=S) groups is 1. The van der Waals surface area contributed by atoms with E-state index >= 15 is 0 Å². The van der Waals surface area contributed by atoms with E-state index in [0.29, 0.717) is 0 Å². The van der Waals surface area contributed by atoms with Gasteiger partial charge in [0.05, 0.1) is 15.4 Å². The third kappa shape index (κ3) is 4.19.